The van der Waals surface area contributed by atoms with Gasteiger partial charge in [-0.05, 0) is 42.0 Å². The van der Waals surface area contributed by atoms with Crippen molar-refractivity contribution in [2.24, 2.45) is 11.7 Å². The molecule has 0 saturated carbocycles. The molecule has 160 valence electrons. The number of carbonyl (C=O) groups is 2. The molecule has 1 aromatic carbocycles. The average molecular weight is 413 g/mol. The van der Waals surface area contributed by atoms with Gasteiger partial charge in [-0.15, -0.1) is 0 Å². The van der Waals surface area contributed by atoms with Crippen LogP contribution in [0, 0.1) is 5.92 Å². The normalized spacial score (nSPS) is 22.4. The predicted octanol–water partition coefficient (Wildman–Crippen LogP) is 1.05. The number of nitrogens with zero attached hydrogens (tertiary/aromatic N) is 1. The van der Waals surface area contributed by atoms with Gasteiger partial charge in [-0.25, -0.2) is 0 Å². The summed E-state index contributed by atoms with van der Waals surface area (Å²) in [4.78, 5) is 28.4. The highest BCUT2D eigenvalue weighted by atomic mass is 16.5. The van der Waals surface area contributed by atoms with E-state index in [1.54, 1.807) is 24.5 Å². The first-order valence-electron chi connectivity index (χ1n) is 9.92. The van der Waals surface area contributed by atoms with E-state index in [1.807, 2.05) is 26.0 Å². The Morgan fingerprint density at radius 2 is 2.03 bits per heavy atom. The standard InChI is InChI=1S/C22H27N3O5/c1-12(2)7-17(21(23)28)25-22(29)14-9-18(26)20(27)19(10-14)30-16-4-3-13-5-6-24-11-15(13)8-16/h3-6,8,10-12,17-20,26-27H,7,9H2,1-2H3,(H2,23,28)(H,25,29)/t17-,18-,19-,20-/m1/s1. The summed E-state index contributed by atoms with van der Waals surface area (Å²) in [6, 6.07) is 6.44. The minimum absolute atomic E-state index is 0.0539. The van der Waals surface area contributed by atoms with Crippen molar-refractivity contribution in [3.8, 4) is 5.75 Å². The molecule has 4 atom stereocenters. The fourth-order valence-corrected chi connectivity index (χ4v) is 3.46. The molecule has 0 bridgehead atoms. The Morgan fingerprint density at radius 1 is 1.27 bits per heavy atom. The van der Waals surface area contributed by atoms with E-state index >= 15 is 0 Å². The van der Waals surface area contributed by atoms with Crippen molar-refractivity contribution in [2.45, 2.75) is 51.0 Å². The van der Waals surface area contributed by atoms with Gasteiger partial charge in [-0.1, -0.05) is 19.9 Å². The van der Waals surface area contributed by atoms with E-state index in [0.29, 0.717) is 12.2 Å². The Hall–Kier alpha value is -2.97. The lowest BCUT2D eigenvalue weighted by atomic mass is 9.91. The van der Waals surface area contributed by atoms with Crippen molar-refractivity contribution in [1.82, 2.24) is 10.3 Å². The number of aliphatic hydroxyl groups is 2. The summed E-state index contributed by atoms with van der Waals surface area (Å²) in [6.07, 6.45) is 1.91. The topological polar surface area (TPSA) is 135 Å². The monoisotopic (exact) mass is 413 g/mol. The summed E-state index contributed by atoms with van der Waals surface area (Å²) in [7, 11) is 0. The zero-order valence-corrected chi connectivity index (χ0v) is 17.0. The molecule has 2 aromatic rings. The highest BCUT2D eigenvalue weighted by Crippen LogP contribution is 2.26. The number of aliphatic hydroxyl groups excluding tert-OH is 2. The Morgan fingerprint density at radius 3 is 2.73 bits per heavy atom. The fourth-order valence-electron chi connectivity index (χ4n) is 3.46. The number of nitrogens with two attached hydrogens (primary N) is 1. The van der Waals surface area contributed by atoms with Crippen LogP contribution >= 0.6 is 0 Å². The van der Waals surface area contributed by atoms with Gasteiger partial charge < -0.3 is 26.0 Å². The van der Waals surface area contributed by atoms with Crippen molar-refractivity contribution >= 4 is 22.6 Å². The molecule has 1 aliphatic rings. The molecule has 1 aromatic heterocycles. The zero-order chi connectivity index (χ0) is 21.8. The lowest BCUT2D eigenvalue weighted by Gasteiger charge is -2.31. The third-order valence-corrected chi connectivity index (χ3v) is 5.06. The number of carbonyl (C=O) groups excluding carboxylic acids is 2. The van der Waals surface area contributed by atoms with E-state index in [0.717, 1.165) is 10.8 Å². The molecule has 1 aliphatic carbocycles. The Kier molecular flexibility index (Phi) is 6.69. The molecule has 30 heavy (non-hydrogen) atoms. The number of hydrogen-bond acceptors (Lipinski definition) is 6. The molecular formula is C22H27N3O5. The Balaban J connectivity index is 1.78. The SMILES string of the molecule is CC(C)C[C@@H](NC(=O)C1=C[C@@H](Oc2ccc3ccncc3c2)[C@H](O)[C@H](O)C1)C(N)=O. The van der Waals surface area contributed by atoms with Crippen molar-refractivity contribution < 1.29 is 24.5 Å². The molecule has 1 heterocycles. The first-order chi connectivity index (χ1) is 14.2. The van der Waals surface area contributed by atoms with Crippen LogP contribution < -0.4 is 15.8 Å². The minimum atomic E-state index is -1.20. The third kappa shape index (κ3) is 5.14. The second kappa shape index (κ2) is 9.23. The van der Waals surface area contributed by atoms with E-state index in [-0.39, 0.29) is 17.9 Å². The summed E-state index contributed by atoms with van der Waals surface area (Å²) in [5, 5.41) is 25.1. The molecule has 0 radical (unpaired) electrons. The largest absolute Gasteiger partial charge is 0.483 e. The molecule has 0 fully saturated rings. The number of pyridine rings is 1. The molecule has 0 saturated heterocycles. The van der Waals surface area contributed by atoms with Crippen molar-refractivity contribution in [1.29, 1.82) is 0 Å². The number of fused-ring (bicyclic) bond motifs is 1. The lowest BCUT2D eigenvalue weighted by Crippen LogP contribution is -2.49. The second-order valence-electron chi connectivity index (χ2n) is 7.98. The molecule has 3 rings (SSSR count). The van der Waals surface area contributed by atoms with Crippen LogP contribution in [0.3, 0.4) is 0 Å². The first-order valence-corrected chi connectivity index (χ1v) is 9.92. The van der Waals surface area contributed by atoms with E-state index in [1.165, 1.54) is 6.08 Å². The maximum atomic E-state index is 12.7. The summed E-state index contributed by atoms with van der Waals surface area (Å²) in [5.41, 5.74) is 5.63. The van der Waals surface area contributed by atoms with Crippen LogP contribution in [0.1, 0.15) is 26.7 Å². The van der Waals surface area contributed by atoms with Crippen LogP contribution in [-0.4, -0.2) is 51.4 Å². The lowest BCUT2D eigenvalue weighted by molar-refractivity contribution is -0.126. The summed E-state index contributed by atoms with van der Waals surface area (Å²) >= 11 is 0. The Labute approximate surface area is 174 Å². The van der Waals surface area contributed by atoms with Crippen LogP contribution in [0.2, 0.25) is 0 Å². The fraction of sp³-hybridized carbons (Fsp3) is 0.409. The molecule has 8 heteroatoms. The number of amides is 2. The molecule has 0 spiro atoms. The van der Waals surface area contributed by atoms with Gasteiger partial charge in [0.25, 0.3) is 0 Å². The van der Waals surface area contributed by atoms with Crippen LogP contribution in [0.5, 0.6) is 5.75 Å². The summed E-state index contributed by atoms with van der Waals surface area (Å²) in [6.45, 7) is 3.84. The van der Waals surface area contributed by atoms with Crippen LogP contribution in [0.25, 0.3) is 10.8 Å². The Bertz CT molecular complexity index is 959. The highest BCUT2D eigenvalue weighted by Gasteiger charge is 2.35. The maximum absolute atomic E-state index is 12.7. The smallest absolute Gasteiger partial charge is 0.247 e. The number of hydrogen-bond donors (Lipinski definition) is 4. The minimum Gasteiger partial charge on any atom is -0.483 e. The van der Waals surface area contributed by atoms with Gasteiger partial charge in [0.15, 0.2) is 0 Å². The predicted molar refractivity (Wildman–Crippen MR) is 111 cm³/mol. The third-order valence-electron chi connectivity index (χ3n) is 5.06. The van der Waals surface area contributed by atoms with Gasteiger partial charge in [0, 0.05) is 29.8 Å². The molecule has 5 N–H and O–H groups in total. The molecule has 0 aliphatic heterocycles. The number of aromatic nitrogens is 1. The van der Waals surface area contributed by atoms with Crippen molar-refractivity contribution in [3.63, 3.8) is 0 Å². The van der Waals surface area contributed by atoms with Gasteiger partial charge in [0.1, 0.15) is 24.0 Å². The van der Waals surface area contributed by atoms with E-state index in [2.05, 4.69) is 10.3 Å². The zero-order valence-electron chi connectivity index (χ0n) is 17.0. The first kappa shape index (κ1) is 21.7. The summed E-state index contributed by atoms with van der Waals surface area (Å²) < 4.78 is 5.86. The second-order valence-corrected chi connectivity index (χ2v) is 7.98. The van der Waals surface area contributed by atoms with Gasteiger partial charge in [0.2, 0.25) is 11.8 Å². The summed E-state index contributed by atoms with van der Waals surface area (Å²) in [5.74, 6) is -0.498. The number of rotatable bonds is 7. The van der Waals surface area contributed by atoms with E-state index in [9.17, 15) is 19.8 Å². The van der Waals surface area contributed by atoms with E-state index in [4.69, 9.17) is 10.5 Å². The van der Waals surface area contributed by atoms with Crippen molar-refractivity contribution in [3.05, 3.63) is 48.3 Å². The molecule has 0 unspecified atom stereocenters. The highest BCUT2D eigenvalue weighted by molar-refractivity contribution is 5.97. The number of primary amides is 1. The molecule has 2 amide bonds. The maximum Gasteiger partial charge on any atom is 0.247 e. The van der Waals surface area contributed by atoms with Crippen molar-refractivity contribution in [2.75, 3.05) is 0 Å². The van der Waals surface area contributed by atoms with Gasteiger partial charge >= 0.3 is 0 Å². The van der Waals surface area contributed by atoms with E-state index < -0.39 is 36.2 Å². The van der Waals surface area contributed by atoms with Crippen LogP contribution in [0.15, 0.2) is 48.3 Å². The number of ether oxygens (including phenoxy) is 1. The van der Waals surface area contributed by atoms with Gasteiger partial charge in [0.05, 0.1) is 6.10 Å². The van der Waals surface area contributed by atoms with Gasteiger partial charge in [-0.2, -0.15) is 0 Å². The number of nitrogens with one attached hydrogen (secondary N) is 1. The van der Waals surface area contributed by atoms with Gasteiger partial charge in [-0.3, -0.25) is 14.6 Å². The average Bonchev–Trinajstić information content (AvgIpc) is 2.70. The van der Waals surface area contributed by atoms with Crippen LogP contribution in [-0.2, 0) is 9.59 Å². The quantitative estimate of drug-likeness (QED) is 0.536. The molecular weight excluding hydrogens is 386 g/mol. The molecule has 8 nitrogen and oxygen atoms in total. The van der Waals surface area contributed by atoms with Crippen LogP contribution in [0.4, 0.5) is 0 Å². The number of benzene rings is 1.